The number of hydrazine groups is 1. The van der Waals surface area contributed by atoms with Crippen LogP contribution >= 0.6 is 0 Å². The lowest BCUT2D eigenvalue weighted by Crippen LogP contribution is -2.35. The normalized spacial score (nSPS) is 40.0. The number of hydrogen-bond acceptors (Lipinski definition) is 2. The van der Waals surface area contributed by atoms with Crippen molar-refractivity contribution < 1.29 is 0 Å². The fourth-order valence-corrected chi connectivity index (χ4v) is 1.42. The zero-order chi connectivity index (χ0) is 7.02. The summed E-state index contributed by atoms with van der Waals surface area (Å²) in [4.78, 5) is 0. The first-order valence-corrected chi connectivity index (χ1v) is 3.58. The summed E-state index contributed by atoms with van der Waals surface area (Å²) < 4.78 is 0. The minimum atomic E-state index is 0.727. The van der Waals surface area contributed by atoms with Gasteiger partial charge in [-0.25, -0.2) is 10.0 Å². The average Bonchev–Trinajstić information content (AvgIpc) is 1.98. The molecule has 2 atom stereocenters. The minimum Gasteiger partial charge on any atom is -0.242 e. The van der Waals surface area contributed by atoms with Gasteiger partial charge >= 0.3 is 0 Å². The van der Waals surface area contributed by atoms with Crippen LogP contribution in [-0.2, 0) is 0 Å². The average molecular weight is 128 g/mol. The number of rotatable bonds is 0. The van der Waals surface area contributed by atoms with E-state index in [4.69, 9.17) is 0 Å². The van der Waals surface area contributed by atoms with Crippen LogP contribution in [0.1, 0.15) is 20.3 Å². The Labute approximate surface area is 57.4 Å². The molecule has 0 radical (unpaired) electrons. The van der Waals surface area contributed by atoms with Crippen LogP contribution in [0.3, 0.4) is 0 Å². The first kappa shape index (κ1) is 7.03. The molecule has 1 aliphatic heterocycles. The number of nitrogens with zero attached hydrogens (tertiary/aromatic N) is 2. The maximum atomic E-state index is 2.30. The SMILES string of the molecule is CC1CC(C)N(C)N1C. The fourth-order valence-electron chi connectivity index (χ4n) is 1.42. The van der Waals surface area contributed by atoms with Crippen molar-refractivity contribution in [3.8, 4) is 0 Å². The molecule has 0 bridgehead atoms. The topological polar surface area (TPSA) is 6.48 Å². The van der Waals surface area contributed by atoms with Crippen LogP contribution in [-0.4, -0.2) is 36.2 Å². The summed E-state index contributed by atoms with van der Waals surface area (Å²) in [6.07, 6.45) is 1.30. The predicted molar refractivity (Wildman–Crippen MR) is 39.1 cm³/mol. The second kappa shape index (κ2) is 2.27. The van der Waals surface area contributed by atoms with Crippen molar-refractivity contribution in [3.05, 3.63) is 0 Å². The lowest BCUT2D eigenvalue weighted by atomic mass is 10.2. The van der Waals surface area contributed by atoms with Gasteiger partial charge in [-0.05, 0) is 20.3 Å². The molecule has 1 rings (SSSR count). The van der Waals surface area contributed by atoms with E-state index in [1.165, 1.54) is 6.42 Å². The molecule has 54 valence electrons. The van der Waals surface area contributed by atoms with E-state index in [1.54, 1.807) is 0 Å². The van der Waals surface area contributed by atoms with Crippen LogP contribution in [0, 0.1) is 0 Å². The zero-order valence-corrected chi connectivity index (χ0v) is 6.76. The van der Waals surface area contributed by atoms with Crippen LogP contribution in [0.25, 0.3) is 0 Å². The van der Waals surface area contributed by atoms with Crippen LogP contribution in [0.4, 0.5) is 0 Å². The van der Waals surface area contributed by atoms with Gasteiger partial charge in [0.15, 0.2) is 0 Å². The monoisotopic (exact) mass is 128 g/mol. The highest BCUT2D eigenvalue weighted by Gasteiger charge is 2.27. The third kappa shape index (κ3) is 1.10. The van der Waals surface area contributed by atoms with Crippen LogP contribution in [0.15, 0.2) is 0 Å². The summed E-state index contributed by atoms with van der Waals surface area (Å²) in [6.45, 7) is 4.53. The molecule has 0 N–H and O–H groups in total. The number of hydrogen-bond donors (Lipinski definition) is 0. The second-order valence-corrected chi connectivity index (χ2v) is 3.08. The van der Waals surface area contributed by atoms with E-state index in [2.05, 4.69) is 38.0 Å². The van der Waals surface area contributed by atoms with Crippen molar-refractivity contribution in [1.82, 2.24) is 10.0 Å². The first-order valence-electron chi connectivity index (χ1n) is 3.58. The summed E-state index contributed by atoms with van der Waals surface area (Å²) in [5, 5.41) is 4.59. The molecule has 9 heavy (non-hydrogen) atoms. The van der Waals surface area contributed by atoms with Gasteiger partial charge < -0.3 is 0 Å². The van der Waals surface area contributed by atoms with Crippen LogP contribution in [0.2, 0.25) is 0 Å². The molecule has 1 aliphatic rings. The van der Waals surface area contributed by atoms with Gasteiger partial charge in [0.25, 0.3) is 0 Å². The van der Waals surface area contributed by atoms with E-state index in [1.807, 2.05) is 0 Å². The van der Waals surface area contributed by atoms with Gasteiger partial charge in [0.1, 0.15) is 0 Å². The molecule has 2 heteroatoms. The molecule has 0 aliphatic carbocycles. The zero-order valence-electron chi connectivity index (χ0n) is 6.76. The van der Waals surface area contributed by atoms with Crippen LogP contribution in [0.5, 0.6) is 0 Å². The lowest BCUT2D eigenvalue weighted by Gasteiger charge is -2.24. The Balaban J connectivity index is 2.54. The quantitative estimate of drug-likeness (QED) is 0.479. The van der Waals surface area contributed by atoms with Gasteiger partial charge in [0.2, 0.25) is 0 Å². The molecule has 0 aromatic rings. The smallest absolute Gasteiger partial charge is 0.0229 e. The van der Waals surface area contributed by atoms with E-state index >= 15 is 0 Å². The molecule has 2 unspecified atom stereocenters. The van der Waals surface area contributed by atoms with Gasteiger partial charge in [-0.2, -0.15) is 0 Å². The summed E-state index contributed by atoms with van der Waals surface area (Å²) >= 11 is 0. The van der Waals surface area contributed by atoms with Crippen molar-refractivity contribution >= 4 is 0 Å². The van der Waals surface area contributed by atoms with E-state index < -0.39 is 0 Å². The Hall–Kier alpha value is -0.0800. The molecule has 0 aromatic heterocycles. The predicted octanol–water partition coefficient (Wildman–Crippen LogP) is 0.946. The van der Waals surface area contributed by atoms with E-state index in [9.17, 15) is 0 Å². The van der Waals surface area contributed by atoms with E-state index in [-0.39, 0.29) is 0 Å². The highest BCUT2D eigenvalue weighted by atomic mass is 15.6. The molecule has 0 spiro atoms. The Morgan fingerprint density at radius 2 is 1.33 bits per heavy atom. The molecular weight excluding hydrogens is 112 g/mol. The highest BCUT2D eigenvalue weighted by Crippen LogP contribution is 2.19. The maximum Gasteiger partial charge on any atom is 0.0229 e. The Morgan fingerprint density at radius 1 is 1.00 bits per heavy atom. The van der Waals surface area contributed by atoms with Crippen molar-refractivity contribution in [1.29, 1.82) is 0 Å². The first-order chi connectivity index (χ1) is 4.13. The highest BCUT2D eigenvalue weighted by molar-refractivity contribution is 4.77. The van der Waals surface area contributed by atoms with Gasteiger partial charge in [-0.3, -0.25) is 0 Å². The van der Waals surface area contributed by atoms with Gasteiger partial charge in [0.05, 0.1) is 0 Å². The minimum absolute atomic E-state index is 0.727. The Bertz CT molecular complexity index is 91.1. The third-order valence-corrected chi connectivity index (χ3v) is 2.46. The molecule has 0 saturated carbocycles. The standard InChI is InChI=1S/C7H16N2/c1-6-5-7(2)9(4)8(6)3/h6-7H,5H2,1-4H3. The second-order valence-electron chi connectivity index (χ2n) is 3.08. The molecule has 0 amide bonds. The Kier molecular flexibility index (Phi) is 1.78. The van der Waals surface area contributed by atoms with Gasteiger partial charge in [-0.15, -0.1) is 0 Å². The lowest BCUT2D eigenvalue weighted by molar-refractivity contribution is 0.0357. The molecule has 2 nitrogen and oxygen atoms in total. The Morgan fingerprint density at radius 3 is 1.44 bits per heavy atom. The molecule has 1 fully saturated rings. The van der Waals surface area contributed by atoms with Crippen molar-refractivity contribution in [2.24, 2.45) is 0 Å². The summed E-state index contributed by atoms with van der Waals surface area (Å²) in [7, 11) is 4.29. The largest absolute Gasteiger partial charge is 0.242 e. The van der Waals surface area contributed by atoms with E-state index in [0.29, 0.717) is 0 Å². The van der Waals surface area contributed by atoms with Crippen molar-refractivity contribution in [2.75, 3.05) is 14.1 Å². The molecule has 1 saturated heterocycles. The van der Waals surface area contributed by atoms with Crippen LogP contribution < -0.4 is 0 Å². The summed E-state index contributed by atoms with van der Waals surface area (Å²) in [6, 6.07) is 1.45. The molecular formula is C7H16N2. The van der Waals surface area contributed by atoms with Gasteiger partial charge in [-0.1, -0.05) is 0 Å². The summed E-state index contributed by atoms with van der Waals surface area (Å²) in [5.74, 6) is 0. The fraction of sp³-hybridized carbons (Fsp3) is 1.00. The summed E-state index contributed by atoms with van der Waals surface area (Å²) in [5.41, 5.74) is 0. The molecule has 1 heterocycles. The van der Waals surface area contributed by atoms with Crippen molar-refractivity contribution in [3.63, 3.8) is 0 Å². The van der Waals surface area contributed by atoms with Crippen molar-refractivity contribution in [2.45, 2.75) is 32.4 Å². The van der Waals surface area contributed by atoms with Gasteiger partial charge in [0, 0.05) is 26.2 Å². The van der Waals surface area contributed by atoms with E-state index in [0.717, 1.165) is 12.1 Å². The third-order valence-electron chi connectivity index (χ3n) is 2.46. The molecule has 0 aromatic carbocycles. The maximum absolute atomic E-state index is 2.30.